The summed E-state index contributed by atoms with van der Waals surface area (Å²) >= 11 is 2.07. The summed E-state index contributed by atoms with van der Waals surface area (Å²) in [6.07, 6.45) is 1.60. The van der Waals surface area contributed by atoms with E-state index in [0.29, 0.717) is 38.6 Å². The van der Waals surface area contributed by atoms with Gasteiger partial charge in [0, 0.05) is 5.56 Å². The SMILES string of the molecule is CCOc1cc(/C=C2/N=C(c3ccc(OC)cc3)OC2=O)cc(I)c1OCC(=O)OC. The molecule has 0 amide bonds. The molecule has 9 heteroatoms. The van der Waals surface area contributed by atoms with Crippen LogP contribution in [0.1, 0.15) is 18.1 Å². The zero-order valence-electron chi connectivity index (χ0n) is 17.1. The van der Waals surface area contributed by atoms with Crippen molar-refractivity contribution >= 4 is 46.5 Å². The monoisotopic (exact) mass is 537 g/mol. The summed E-state index contributed by atoms with van der Waals surface area (Å²) in [5, 5.41) is 0. The third-order valence-corrected chi connectivity index (χ3v) is 4.96. The van der Waals surface area contributed by atoms with Crippen LogP contribution >= 0.6 is 22.6 Å². The molecule has 31 heavy (non-hydrogen) atoms. The molecular formula is C22H20INO7. The van der Waals surface area contributed by atoms with Crippen molar-refractivity contribution in [3.8, 4) is 17.2 Å². The minimum atomic E-state index is -0.551. The Labute approximate surface area is 192 Å². The highest BCUT2D eigenvalue weighted by Gasteiger charge is 2.24. The number of cyclic esters (lactones) is 1. The maximum atomic E-state index is 12.3. The van der Waals surface area contributed by atoms with Gasteiger partial charge < -0.3 is 23.7 Å². The molecule has 0 atom stereocenters. The Kier molecular flexibility index (Phi) is 7.50. The number of methoxy groups -OCH3 is 2. The summed E-state index contributed by atoms with van der Waals surface area (Å²) in [7, 11) is 2.86. The second-order valence-electron chi connectivity index (χ2n) is 6.19. The smallest absolute Gasteiger partial charge is 0.363 e. The van der Waals surface area contributed by atoms with E-state index in [4.69, 9.17) is 18.9 Å². The Bertz CT molecular complexity index is 1040. The van der Waals surface area contributed by atoms with Crippen LogP contribution in [0.2, 0.25) is 0 Å². The lowest BCUT2D eigenvalue weighted by atomic mass is 10.1. The van der Waals surface area contributed by atoms with Gasteiger partial charge in [-0.1, -0.05) is 0 Å². The number of carbonyl (C=O) groups is 2. The highest BCUT2D eigenvalue weighted by Crippen LogP contribution is 2.35. The van der Waals surface area contributed by atoms with Gasteiger partial charge in [0.15, 0.2) is 23.8 Å². The van der Waals surface area contributed by atoms with Gasteiger partial charge in [-0.05, 0) is 77.6 Å². The van der Waals surface area contributed by atoms with Crippen LogP contribution < -0.4 is 14.2 Å². The first-order valence-corrected chi connectivity index (χ1v) is 10.4. The standard InChI is InChI=1S/C22H20INO7/c1-4-29-18-11-13(9-16(23)20(18)30-12-19(25)28-3)10-17-22(26)31-21(24-17)14-5-7-15(27-2)8-6-14/h5-11H,4,12H2,1-3H3/b17-10+. The molecule has 0 saturated heterocycles. The van der Waals surface area contributed by atoms with Crippen LogP contribution in [0, 0.1) is 3.57 Å². The Morgan fingerprint density at radius 3 is 2.55 bits per heavy atom. The first-order chi connectivity index (χ1) is 14.9. The molecule has 162 valence electrons. The lowest BCUT2D eigenvalue weighted by Crippen LogP contribution is -2.14. The van der Waals surface area contributed by atoms with E-state index in [-0.39, 0.29) is 18.2 Å². The van der Waals surface area contributed by atoms with E-state index in [1.54, 1.807) is 49.6 Å². The lowest BCUT2D eigenvalue weighted by molar-refractivity contribution is -0.143. The van der Waals surface area contributed by atoms with Crippen molar-refractivity contribution in [1.82, 2.24) is 0 Å². The summed E-state index contributed by atoms with van der Waals surface area (Å²) < 4.78 is 27.0. The van der Waals surface area contributed by atoms with Gasteiger partial charge >= 0.3 is 11.9 Å². The van der Waals surface area contributed by atoms with Crippen LogP contribution in [0.4, 0.5) is 0 Å². The number of carbonyl (C=O) groups excluding carboxylic acids is 2. The number of benzene rings is 2. The van der Waals surface area contributed by atoms with E-state index in [2.05, 4.69) is 32.3 Å². The zero-order valence-corrected chi connectivity index (χ0v) is 19.3. The number of hydrogen-bond acceptors (Lipinski definition) is 8. The van der Waals surface area contributed by atoms with Crippen molar-refractivity contribution in [1.29, 1.82) is 0 Å². The van der Waals surface area contributed by atoms with Gasteiger partial charge in [-0.3, -0.25) is 0 Å². The largest absolute Gasteiger partial charge is 0.497 e. The van der Waals surface area contributed by atoms with Crippen LogP contribution in [0.15, 0.2) is 47.1 Å². The van der Waals surface area contributed by atoms with Gasteiger partial charge in [0.1, 0.15) is 5.75 Å². The summed E-state index contributed by atoms with van der Waals surface area (Å²) in [5.74, 6) is 0.722. The first-order valence-electron chi connectivity index (χ1n) is 9.28. The van der Waals surface area contributed by atoms with Crippen LogP contribution in [0.25, 0.3) is 6.08 Å². The van der Waals surface area contributed by atoms with Crippen LogP contribution in [0.3, 0.4) is 0 Å². The third kappa shape index (κ3) is 5.54. The summed E-state index contributed by atoms with van der Waals surface area (Å²) in [6.45, 7) is 1.99. The molecule has 0 fully saturated rings. The normalized spacial score (nSPS) is 14.1. The molecule has 0 spiro atoms. The highest BCUT2D eigenvalue weighted by atomic mass is 127. The van der Waals surface area contributed by atoms with E-state index in [9.17, 15) is 9.59 Å². The van der Waals surface area contributed by atoms with Crippen LogP contribution in [-0.4, -0.2) is 45.3 Å². The Morgan fingerprint density at radius 1 is 1.16 bits per heavy atom. The fourth-order valence-corrected chi connectivity index (χ4v) is 3.47. The second kappa shape index (κ2) is 10.3. The second-order valence-corrected chi connectivity index (χ2v) is 7.35. The topological polar surface area (TPSA) is 92.6 Å². The Morgan fingerprint density at radius 2 is 1.90 bits per heavy atom. The van der Waals surface area contributed by atoms with Gasteiger partial charge in [-0.2, -0.15) is 0 Å². The van der Waals surface area contributed by atoms with Gasteiger partial charge in [0.25, 0.3) is 0 Å². The molecular weight excluding hydrogens is 517 g/mol. The molecule has 1 aliphatic rings. The van der Waals surface area contributed by atoms with E-state index in [1.807, 2.05) is 6.92 Å². The van der Waals surface area contributed by atoms with Gasteiger partial charge in [-0.15, -0.1) is 0 Å². The van der Waals surface area contributed by atoms with Crippen LogP contribution in [0.5, 0.6) is 17.2 Å². The minimum absolute atomic E-state index is 0.160. The predicted molar refractivity (Wildman–Crippen MR) is 121 cm³/mol. The molecule has 0 radical (unpaired) electrons. The molecule has 8 nitrogen and oxygen atoms in total. The van der Waals surface area contributed by atoms with E-state index >= 15 is 0 Å². The molecule has 0 unspecified atom stereocenters. The predicted octanol–water partition coefficient (Wildman–Crippen LogP) is 3.59. The van der Waals surface area contributed by atoms with Crippen LogP contribution in [-0.2, 0) is 19.1 Å². The zero-order chi connectivity index (χ0) is 22.4. The summed E-state index contributed by atoms with van der Waals surface area (Å²) in [6, 6.07) is 10.5. The fraction of sp³-hybridized carbons (Fsp3) is 0.227. The fourth-order valence-electron chi connectivity index (χ4n) is 2.69. The maximum Gasteiger partial charge on any atom is 0.363 e. The number of aliphatic imine (C=N–C) groups is 1. The van der Waals surface area contributed by atoms with E-state index < -0.39 is 11.9 Å². The number of esters is 2. The average Bonchev–Trinajstić information content (AvgIpc) is 3.13. The van der Waals surface area contributed by atoms with E-state index in [0.717, 1.165) is 0 Å². The molecule has 1 heterocycles. The van der Waals surface area contributed by atoms with Gasteiger partial charge in [0.05, 0.1) is 24.4 Å². The molecule has 0 bridgehead atoms. The Hall–Kier alpha value is -3.08. The lowest BCUT2D eigenvalue weighted by Gasteiger charge is -2.14. The molecule has 3 rings (SSSR count). The van der Waals surface area contributed by atoms with Crippen molar-refractivity contribution in [2.24, 2.45) is 4.99 Å². The molecule has 0 saturated carbocycles. The third-order valence-electron chi connectivity index (χ3n) is 4.15. The average molecular weight is 537 g/mol. The van der Waals surface area contributed by atoms with Crippen molar-refractivity contribution in [3.63, 3.8) is 0 Å². The minimum Gasteiger partial charge on any atom is -0.497 e. The molecule has 0 aromatic heterocycles. The van der Waals surface area contributed by atoms with Crippen molar-refractivity contribution in [3.05, 3.63) is 56.8 Å². The first kappa shape index (κ1) is 22.6. The summed E-state index contributed by atoms with van der Waals surface area (Å²) in [5.41, 5.74) is 1.49. The molecule has 1 aliphatic heterocycles. The van der Waals surface area contributed by atoms with Crippen molar-refractivity contribution in [2.45, 2.75) is 6.92 Å². The van der Waals surface area contributed by atoms with Gasteiger partial charge in [-0.25, -0.2) is 14.6 Å². The number of halogens is 1. The molecule has 0 N–H and O–H groups in total. The number of ether oxygens (including phenoxy) is 5. The Balaban J connectivity index is 1.89. The molecule has 2 aromatic rings. The molecule has 0 aliphatic carbocycles. The van der Waals surface area contributed by atoms with Crippen molar-refractivity contribution in [2.75, 3.05) is 27.4 Å². The molecule has 2 aromatic carbocycles. The van der Waals surface area contributed by atoms with E-state index in [1.165, 1.54) is 7.11 Å². The maximum absolute atomic E-state index is 12.3. The number of nitrogens with zero attached hydrogens (tertiary/aromatic N) is 1. The highest BCUT2D eigenvalue weighted by molar-refractivity contribution is 14.1. The quantitative estimate of drug-likeness (QED) is 0.289. The summed E-state index contributed by atoms with van der Waals surface area (Å²) in [4.78, 5) is 28.0. The number of hydrogen-bond donors (Lipinski definition) is 0. The van der Waals surface area contributed by atoms with Crippen molar-refractivity contribution < 1.29 is 33.3 Å². The number of rotatable bonds is 8. The van der Waals surface area contributed by atoms with Gasteiger partial charge in [0.2, 0.25) is 5.90 Å².